The Morgan fingerprint density at radius 2 is 1.04 bits per heavy atom. The third-order valence-electron chi connectivity index (χ3n) is 4.26. The van der Waals surface area contributed by atoms with Gasteiger partial charge in [-0.2, -0.15) is 0 Å². The van der Waals surface area contributed by atoms with Crippen LogP contribution in [0.5, 0.6) is 0 Å². The zero-order valence-electron chi connectivity index (χ0n) is 13.4. The number of hydrogen-bond acceptors (Lipinski definition) is 4. The summed E-state index contributed by atoms with van der Waals surface area (Å²) in [5.74, 6) is -2.34. The molecule has 0 aliphatic carbocycles. The number of rotatable bonds is 3. The van der Waals surface area contributed by atoms with Crippen LogP contribution in [0.3, 0.4) is 0 Å². The topological polar surface area (TPSA) is 100 Å². The van der Waals surface area contributed by atoms with Crippen molar-refractivity contribution in [2.24, 2.45) is 0 Å². The molecule has 6 heteroatoms. The van der Waals surface area contributed by atoms with E-state index in [4.69, 9.17) is 0 Å². The lowest BCUT2D eigenvalue weighted by atomic mass is 9.90. The van der Waals surface area contributed by atoms with E-state index in [1.54, 1.807) is 48.5 Å². The van der Waals surface area contributed by atoms with Crippen molar-refractivity contribution in [2.75, 3.05) is 0 Å². The van der Waals surface area contributed by atoms with Gasteiger partial charge in [0.15, 0.2) is 0 Å². The molecule has 0 unspecified atom stereocenters. The fourth-order valence-corrected chi connectivity index (χ4v) is 3.15. The van der Waals surface area contributed by atoms with E-state index < -0.39 is 11.9 Å². The zero-order chi connectivity index (χ0) is 18.3. The summed E-state index contributed by atoms with van der Waals surface area (Å²) in [4.78, 5) is 32.1. The lowest BCUT2D eigenvalue weighted by Crippen LogP contribution is -2.07. The average molecular weight is 344 g/mol. The first-order valence-electron chi connectivity index (χ1n) is 7.80. The van der Waals surface area contributed by atoms with Gasteiger partial charge in [-0.25, -0.2) is 9.59 Å². The minimum atomic E-state index is -1.17. The first-order chi connectivity index (χ1) is 12.6. The Balaban J connectivity index is 2.27. The van der Waals surface area contributed by atoms with Crippen molar-refractivity contribution < 1.29 is 19.8 Å². The summed E-state index contributed by atoms with van der Waals surface area (Å²) in [6, 6.07) is 14.1. The number of fused-ring (bicyclic) bond motifs is 2. The second-order valence-corrected chi connectivity index (χ2v) is 5.74. The van der Waals surface area contributed by atoms with E-state index in [9.17, 15) is 19.8 Å². The van der Waals surface area contributed by atoms with Crippen LogP contribution in [0.15, 0.2) is 60.9 Å². The molecule has 0 saturated carbocycles. The molecule has 2 N–H and O–H groups in total. The van der Waals surface area contributed by atoms with Gasteiger partial charge in [0.2, 0.25) is 0 Å². The fourth-order valence-electron chi connectivity index (χ4n) is 3.15. The summed E-state index contributed by atoms with van der Waals surface area (Å²) in [6.07, 6.45) is 2.53. The molecule has 0 aliphatic heterocycles. The molecule has 0 saturated heterocycles. The van der Waals surface area contributed by atoms with Gasteiger partial charge in [-0.05, 0) is 12.1 Å². The van der Waals surface area contributed by atoms with Gasteiger partial charge >= 0.3 is 11.9 Å². The Morgan fingerprint density at radius 1 is 0.654 bits per heavy atom. The second kappa shape index (κ2) is 5.93. The van der Waals surface area contributed by atoms with Gasteiger partial charge in [0.05, 0.1) is 22.2 Å². The molecule has 2 heterocycles. The number of benzene rings is 2. The second-order valence-electron chi connectivity index (χ2n) is 5.74. The molecule has 26 heavy (non-hydrogen) atoms. The van der Waals surface area contributed by atoms with E-state index >= 15 is 0 Å². The van der Waals surface area contributed by atoms with E-state index in [2.05, 4.69) is 9.97 Å². The maximum Gasteiger partial charge on any atom is 0.337 e. The van der Waals surface area contributed by atoms with Crippen LogP contribution in [0.4, 0.5) is 0 Å². The van der Waals surface area contributed by atoms with Crippen molar-refractivity contribution in [2.45, 2.75) is 0 Å². The molecule has 0 aliphatic rings. The first kappa shape index (κ1) is 15.7. The number of carbonyl (C=O) groups is 2. The van der Waals surface area contributed by atoms with Crippen LogP contribution >= 0.6 is 0 Å². The van der Waals surface area contributed by atoms with E-state index in [0.29, 0.717) is 32.9 Å². The van der Waals surface area contributed by atoms with Crippen LogP contribution < -0.4 is 0 Å². The number of carboxylic acids is 2. The lowest BCUT2D eigenvalue weighted by molar-refractivity contribution is 0.0684. The van der Waals surface area contributed by atoms with E-state index in [1.165, 1.54) is 12.4 Å². The highest BCUT2D eigenvalue weighted by Crippen LogP contribution is 2.37. The van der Waals surface area contributed by atoms with Gasteiger partial charge in [-0.3, -0.25) is 9.97 Å². The molecule has 0 fully saturated rings. The maximum absolute atomic E-state index is 11.9. The Morgan fingerprint density at radius 3 is 1.42 bits per heavy atom. The molecule has 4 aromatic rings. The number of aromatic nitrogens is 2. The van der Waals surface area contributed by atoms with E-state index in [-0.39, 0.29) is 11.1 Å². The van der Waals surface area contributed by atoms with Crippen LogP contribution in [0, 0.1) is 0 Å². The third-order valence-corrected chi connectivity index (χ3v) is 4.26. The summed E-state index contributed by atoms with van der Waals surface area (Å²) in [5.41, 5.74) is 1.73. The number of carboxylic acid groups (broad SMARTS) is 2. The van der Waals surface area contributed by atoms with Crippen molar-refractivity contribution in [1.82, 2.24) is 9.97 Å². The molecule has 126 valence electrons. The van der Waals surface area contributed by atoms with Crippen LogP contribution in [0.1, 0.15) is 20.7 Å². The number of nitrogens with zero attached hydrogens (tertiary/aromatic N) is 2. The Bertz CT molecular complexity index is 1110. The monoisotopic (exact) mass is 344 g/mol. The molecule has 0 amide bonds. The van der Waals surface area contributed by atoms with E-state index in [1.807, 2.05) is 0 Å². The Kier molecular flexibility index (Phi) is 3.58. The van der Waals surface area contributed by atoms with Crippen LogP contribution in [0.25, 0.3) is 32.9 Å². The molecular weight excluding hydrogens is 332 g/mol. The summed E-state index contributed by atoms with van der Waals surface area (Å²) >= 11 is 0. The number of aromatic carboxylic acids is 2. The smallest absolute Gasteiger partial charge is 0.337 e. The summed E-state index contributed by atoms with van der Waals surface area (Å²) in [6.45, 7) is 0. The molecule has 4 rings (SSSR count). The molecule has 0 spiro atoms. The number of para-hydroxylation sites is 2. The normalized spacial score (nSPS) is 10.9. The molecule has 0 atom stereocenters. The van der Waals surface area contributed by atoms with Gasteiger partial charge < -0.3 is 10.2 Å². The highest BCUT2D eigenvalue weighted by Gasteiger charge is 2.23. The zero-order valence-corrected chi connectivity index (χ0v) is 13.4. The Hall–Kier alpha value is -3.80. The largest absolute Gasteiger partial charge is 0.478 e. The quantitative estimate of drug-likeness (QED) is 0.585. The lowest BCUT2D eigenvalue weighted by Gasteiger charge is -2.15. The number of pyridine rings is 2. The third kappa shape index (κ3) is 2.36. The Labute approximate surface area is 147 Å². The van der Waals surface area contributed by atoms with Crippen LogP contribution in [-0.4, -0.2) is 32.1 Å². The van der Waals surface area contributed by atoms with Gasteiger partial charge in [0, 0.05) is 34.3 Å². The summed E-state index contributed by atoms with van der Waals surface area (Å²) < 4.78 is 0. The SMILES string of the molecule is O=C(O)c1cnc2ccccc2c1-c1c(C(=O)O)cnc2ccccc12. The highest BCUT2D eigenvalue weighted by atomic mass is 16.4. The molecule has 0 bridgehead atoms. The van der Waals surface area contributed by atoms with Crippen molar-refractivity contribution in [1.29, 1.82) is 0 Å². The predicted molar refractivity (Wildman–Crippen MR) is 96.4 cm³/mol. The standard InChI is InChI=1S/C20H12N2O4/c23-19(24)13-9-21-15-7-3-1-5-11(15)17(13)18-12-6-2-4-8-16(12)22-10-14(18)20(25)26/h1-10H,(H,23,24)(H,25,26). The average Bonchev–Trinajstić information content (AvgIpc) is 2.66. The molecule has 2 aromatic carbocycles. The summed E-state index contributed by atoms with van der Waals surface area (Å²) in [7, 11) is 0. The minimum absolute atomic E-state index is 0.0532. The van der Waals surface area contributed by atoms with Crippen LogP contribution in [-0.2, 0) is 0 Å². The molecule has 2 aromatic heterocycles. The predicted octanol–water partition coefficient (Wildman–Crippen LogP) is 3.85. The van der Waals surface area contributed by atoms with E-state index in [0.717, 1.165) is 0 Å². The van der Waals surface area contributed by atoms with Gasteiger partial charge in [-0.1, -0.05) is 36.4 Å². The van der Waals surface area contributed by atoms with Gasteiger partial charge in [0.1, 0.15) is 0 Å². The van der Waals surface area contributed by atoms with Crippen molar-refractivity contribution >= 4 is 33.7 Å². The first-order valence-corrected chi connectivity index (χ1v) is 7.80. The molecule has 0 radical (unpaired) electrons. The summed E-state index contributed by atoms with van der Waals surface area (Å²) in [5, 5.41) is 20.5. The molecule has 6 nitrogen and oxygen atoms in total. The van der Waals surface area contributed by atoms with Gasteiger partial charge in [-0.15, -0.1) is 0 Å². The fraction of sp³-hybridized carbons (Fsp3) is 0. The van der Waals surface area contributed by atoms with Crippen LogP contribution in [0.2, 0.25) is 0 Å². The highest BCUT2D eigenvalue weighted by molar-refractivity contribution is 6.15. The van der Waals surface area contributed by atoms with Gasteiger partial charge in [0.25, 0.3) is 0 Å². The van der Waals surface area contributed by atoms with Crippen molar-refractivity contribution in [3.05, 3.63) is 72.1 Å². The van der Waals surface area contributed by atoms with Crippen molar-refractivity contribution in [3.63, 3.8) is 0 Å². The number of hydrogen-bond donors (Lipinski definition) is 2. The minimum Gasteiger partial charge on any atom is -0.478 e. The maximum atomic E-state index is 11.9. The van der Waals surface area contributed by atoms with Crippen molar-refractivity contribution in [3.8, 4) is 11.1 Å². The molecular formula is C20H12N2O4.